The summed E-state index contributed by atoms with van der Waals surface area (Å²) in [5, 5.41) is 0. The minimum atomic E-state index is -0.556. The van der Waals surface area contributed by atoms with Gasteiger partial charge in [0.05, 0.1) is 5.41 Å². The Morgan fingerprint density at radius 1 is 0.674 bits per heavy atom. The molecule has 43 heavy (non-hydrogen) atoms. The van der Waals surface area contributed by atoms with Crippen LogP contribution in [-0.2, 0) is 15.6 Å². The first-order valence-corrected chi connectivity index (χ1v) is 15.4. The van der Waals surface area contributed by atoms with E-state index in [1.807, 2.05) is 6.92 Å². The fraction of sp³-hybridized carbons (Fsp3) is 0.244. The summed E-state index contributed by atoms with van der Waals surface area (Å²) in [6.45, 7) is 10.9. The topological polar surface area (TPSA) is 20.3 Å². The summed E-state index contributed by atoms with van der Waals surface area (Å²) in [6, 6.07) is 48.4. The molecule has 0 radical (unpaired) electrons. The molecule has 0 unspecified atom stereocenters. The van der Waals surface area contributed by atoms with Crippen molar-refractivity contribution in [1.29, 1.82) is 0 Å². The van der Waals surface area contributed by atoms with Crippen LogP contribution in [0.15, 0.2) is 133 Å². The van der Waals surface area contributed by atoms with Crippen LogP contribution in [0.3, 0.4) is 0 Å². The molecule has 0 aliphatic carbocycles. The van der Waals surface area contributed by atoms with Crippen LogP contribution in [0.4, 0.5) is 5.69 Å². The number of hydrogen-bond acceptors (Lipinski definition) is 1. The number of anilines is 1. The molecule has 216 valence electrons. The number of fused-ring (bicyclic) bond motifs is 1. The summed E-state index contributed by atoms with van der Waals surface area (Å²) in [6.07, 6.45) is 1.29. The van der Waals surface area contributed by atoms with E-state index in [0.717, 1.165) is 12.1 Å². The van der Waals surface area contributed by atoms with Crippen molar-refractivity contribution >= 4 is 11.6 Å². The van der Waals surface area contributed by atoms with E-state index in [4.69, 9.17) is 0 Å². The molecule has 0 fully saturated rings. The van der Waals surface area contributed by atoms with Crippen molar-refractivity contribution in [3.63, 3.8) is 0 Å². The second-order valence-electron chi connectivity index (χ2n) is 12.9. The number of aryl methyl sites for hydroxylation is 1. The molecule has 1 aliphatic heterocycles. The van der Waals surface area contributed by atoms with Gasteiger partial charge < -0.3 is 4.90 Å². The zero-order valence-corrected chi connectivity index (χ0v) is 26.0. The lowest BCUT2D eigenvalue weighted by molar-refractivity contribution is -0.119. The first-order chi connectivity index (χ1) is 20.7. The van der Waals surface area contributed by atoms with Gasteiger partial charge in [0.2, 0.25) is 5.91 Å². The lowest BCUT2D eigenvalue weighted by Gasteiger charge is -2.52. The van der Waals surface area contributed by atoms with Crippen LogP contribution >= 0.6 is 0 Å². The molecule has 1 atom stereocenters. The molecular weight excluding hydrogens is 522 g/mol. The lowest BCUT2D eigenvalue weighted by atomic mass is 9.61. The van der Waals surface area contributed by atoms with Gasteiger partial charge >= 0.3 is 0 Å². The molecular formula is C41H41NO. The molecule has 1 aliphatic rings. The lowest BCUT2D eigenvalue weighted by Crippen LogP contribution is -2.55. The standard InChI is InChI=1S/C41H41NO/c1-6-38(43)42-37-27-26-35(28-36(37)40(5,29-39(42,3)4)31-24-22-30(2)23-25-31)41(32-16-10-7-11-17-32,33-18-12-8-13-19-33)34-20-14-9-15-21-34/h7-28H,6,29H2,1-5H3/t40-/m0/s1. The average Bonchev–Trinajstić information content (AvgIpc) is 3.03. The number of hydrogen-bond donors (Lipinski definition) is 0. The van der Waals surface area contributed by atoms with Gasteiger partial charge in [-0.2, -0.15) is 0 Å². The maximum Gasteiger partial charge on any atom is 0.227 e. The van der Waals surface area contributed by atoms with Gasteiger partial charge in [-0.15, -0.1) is 0 Å². The third-order valence-electron chi connectivity index (χ3n) is 9.52. The van der Waals surface area contributed by atoms with Gasteiger partial charge in [-0.25, -0.2) is 0 Å². The number of carbonyl (C=O) groups is 1. The Balaban J connectivity index is 1.72. The number of nitrogens with zero attached hydrogens (tertiary/aromatic N) is 1. The monoisotopic (exact) mass is 563 g/mol. The highest BCUT2D eigenvalue weighted by Crippen LogP contribution is 2.53. The first-order valence-electron chi connectivity index (χ1n) is 15.4. The molecule has 0 saturated carbocycles. The fourth-order valence-electron chi connectivity index (χ4n) is 7.65. The molecule has 6 rings (SSSR count). The molecule has 1 heterocycles. The number of benzene rings is 5. The van der Waals surface area contributed by atoms with E-state index in [1.54, 1.807) is 0 Å². The normalized spacial score (nSPS) is 17.7. The van der Waals surface area contributed by atoms with Crippen LogP contribution in [-0.4, -0.2) is 11.4 Å². The van der Waals surface area contributed by atoms with Crippen LogP contribution in [0.5, 0.6) is 0 Å². The average molecular weight is 564 g/mol. The smallest absolute Gasteiger partial charge is 0.227 e. The van der Waals surface area contributed by atoms with Crippen LogP contribution in [0.1, 0.15) is 79.5 Å². The van der Waals surface area contributed by atoms with E-state index in [9.17, 15) is 4.79 Å². The predicted molar refractivity (Wildman–Crippen MR) is 179 cm³/mol. The highest BCUT2D eigenvalue weighted by atomic mass is 16.2. The quantitative estimate of drug-likeness (QED) is 0.188. The van der Waals surface area contributed by atoms with Crippen molar-refractivity contribution in [3.8, 4) is 0 Å². The Morgan fingerprint density at radius 2 is 1.16 bits per heavy atom. The zero-order chi connectivity index (χ0) is 30.2. The van der Waals surface area contributed by atoms with Gasteiger partial charge in [0.25, 0.3) is 0 Å². The largest absolute Gasteiger partial charge is 0.307 e. The summed E-state index contributed by atoms with van der Waals surface area (Å²) in [4.78, 5) is 15.7. The summed E-state index contributed by atoms with van der Waals surface area (Å²) >= 11 is 0. The minimum Gasteiger partial charge on any atom is -0.307 e. The van der Waals surface area contributed by atoms with E-state index in [0.29, 0.717) is 6.42 Å². The summed E-state index contributed by atoms with van der Waals surface area (Å²) < 4.78 is 0. The van der Waals surface area contributed by atoms with Crippen LogP contribution in [0.25, 0.3) is 0 Å². The molecule has 2 heteroatoms. The molecule has 0 saturated heterocycles. The first kappa shape index (κ1) is 28.7. The maximum absolute atomic E-state index is 13.6. The van der Waals surface area contributed by atoms with E-state index in [-0.39, 0.29) is 16.9 Å². The fourth-order valence-corrected chi connectivity index (χ4v) is 7.65. The third kappa shape index (κ3) is 4.70. The Hall–Kier alpha value is -4.43. The second-order valence-corrected chi connectivity index (χ2v) is 12.9. The number of amides is 1. The van der Waals surface area contributed by atoms with Crippen molar-refractivity contribution in [2.75, 3.05) is 4.90 Å². The molecule has 1 amide bonds. The molecule has 0 N–H and O–H groups in total. The minimum absolute atomic E-state index is 0.158. The summed E-state index contributed by atoms with van der Waals surface area (Å²) in [7, 11) is 0. The zero-order valence-electron chi connectivity index (χ0n) is 26.0. The van der Waals surface area contributed by atoms with Gasteiger partial charge in [0.15, 0.2) is 0 Å². The SMILES string of the molecule is CCC(=O)N1c2ccc(C(c3ccccc3)(c3ccccc3)c3ccccc3)cc2[C@](C)(c2ccc(C)cc2)CC1(C)C. The van der Waals surface area contributed by atoms with Crippen LogP contribution in [0, 0.1) is 6.92 Å². The Labute approximate surface area is 257 Å². The van der Waals surface area contributed by atoms with E-state index < -0.39 is 5.41 Å². The van der Waals surface area contributed by atoms with Gasteiger partial charge in [0.1, 0.15) is 0 Å². The molecule has 0 spiro atoms. The van der Waals surface area contributed by atoms with Gasteiger partial charge in [-0.1, -0.05) is 147 Å². The molecule has 0 bridgehead atoms. The Bertz CT molecular complexity index is 1630. The highest BCUT2D eigenvalue weighted by molar-refractivity contribution is 5.96. The van der Waals surface area contributed by atoms with Crippen molar-refractivity contribution < 1.29 is 4.79 Å². The van der Waals surface area contributed by atoms with Crippen molar-refractivity contribution in [1.82, 2.24) is 0 Å². The van der Waals surface area contributed by atoms with Crippen LogP contribution in [0.2, 0.25) is 0 Å². The Kier molecular flexibility index (Phi) is 7.34. The van der Waals surface area contributed by atoms with E-state index in [1.165, 1.54) is 38.9 Å². The number of rotatable bonds is 6. The van der Waals surface area contributed by atoms with Crippen LogP contribution < -0.4 is 4.90 Å². The van der Waals surface area contributed by atoms with Crippen molar-refractivity contribution in [2.24, 2.45) is 0 Å². The molecule has 0 aromatic heterocycles. The number of carbonyl (C=O) groups excluding carboxylic acids is 1. The van der Waals surface area contributed by atoms with Crippen molar-refractivity contribution in [3.05, 3.63) is 172 Å². The van der Waals surface area contributed by atoms with Gasteiger partial charge in [-0.05, 0) is 66.6 Å². The summed E-state index contributed by atoms with van der Waals surface area (Å²) in [5.41, 5.74) is 8.34. The molecule has 5 aromatic carbocycles. The third-order valence-corrected chi connectivity index (χ3v) is 9.52. The Morgan fingerprint density at radius 3 is 1.63 bits per heavy atom. The van der Waals surface area contributed by atoms with E-state index >= 15 is 0 Å². The maximum atomic E-state index is 13.6. The summed E-state index contributed by atoms with van der Waals surface area (Å²) in [5.74, 6) is 0.158. The molecule has 2 nitrogen and oxygen atoms in total. The second kappa shape index (κ2) is 11.0. The van der Waals surface area contributed by atoms with E-state index in [2.05, 4.69) is 166 Å². The van der Waals surface area contributed by atoms with Gasteiger partial charge in [-0.3, -0.25) is 4.79 Å². The predicted octanol–water partition coefficient (Wildman–Crippen LogP) is 9.61. The van der Waals surface area contributed by atoms with Crippen molar-refractivity contribution in [2.45, 2.75) is 63.8 Å². The highest BCUT2D eigenvalue weighted by Gasteiger charge is 2.49. The molecule has 5 aromatic rings. The van der Waals surface area contributed by atoms with Gasteiger partial charge in [0, 0.05) is 23.1 Å².